The lowest BCUT2D eigenvalue weighted by Crippen LogP contribution is -2.20. The van der Waals surface area contributed by atoms with Crippen molar-refractivity contribution in [1.29, 1.82) is 0 Å². The maximum absolute atomic E-state index is 14.5. The van der Waals surface area contributed by atoms with E-state index in [-0.39, 0.29) is 11.8 Å². The van der Waals surface area contributed by atoms with Crippen LogP contribution in [0.15, 0.2) is 0 Å². The number of halogens is 3. The first-order valence-corrected chi connectivity index (χ1v) is 8.62. The van der Waals surface area contributed by atoms with Gasteiger partial charge in [0.25, 0.3) is 5.95 Å². The number of rotatable bonds is 2. The minimum absolute atomic E-state index is 0.00528. The van der Waals surface area contributed by atoms with Crippen molar-refractivity contribution in [2.75, 3.05) is 0 Å². The van der Waals surface area contributed by atoms with Crippen LogP contribution in [0.3, 0.4) is 0 Å². The van der Waals surface area contributed by atoms with E-state index < -0.39 is 17.7 Å². The number of hydrogen-bond donors (Lipinski definition) is 0. The highest BCUT2D eigenvalue weighted by Gasteiger charge is 2.32. The summed E-state index contributed by atoms with van der Waals surface area (Å²) < 4.78 is 42.6. The average Bonchev–Trinajstić information content (AvgIpc) is 2.52. The predicted molar refractivity (Wildman–Crippen MR) is 80.3 cm³/mol. The highest BCUT2D eigenvalue weighted by atomic mass is 19.2. The molecule has 3 rings (SSSR count). The van der Waals surface area contributed by atoms with E-state index >= 15 is 0 Å². The molecule has 2 aliphatic carbocycles. The van der Waals surface area contributed by atoms with E-state index in [0.29, 0.717) is 17.0 Å². The summed E-state index contributed by atoms with van der Waals surface area (Å²) in [6.07, 6.45) is 8.57. The van der Waals surface area contributed by atoms with Gasteiger partial charge >= 0.3 is 0 Å². The van der Waals surface area contributed by atoms with Gasteiger partial charge in [0.15, 0.2) is 5.82 Å². The van der Waals surface area contributed by atoms with Crippen LogP contribution in [0.4, 0.5) is 13.2 Å². The second-order valence-corrected chi connectivity index (χ2v) is 7.13. The van der Waals surface area contributed by atoms with Crippen molar-refractivity contribution in [2.45, 2.75) is 76.5 Å². The molecule has 1 heterocycles. The molecule has 4 heteroatoms. The molecule has 0 unspecified atom stereocenters. The van der Waals surface area contributed by atoms with Crippen LogP contribution in [-0.4, -0.2) is 4.98 Å². The minimum atomic E-state index is -1.27. The number of pyridine rings is 1. The van der Waals surface area contributed by atoms with Crippen LogP contribution in [0, 0.1) is 23.6 Å². The van der Waals surface area contributed by atoms with Crippen molar-refractivity contribution in [3.8, 4) is 0 Å². The molecule has 0 N–H and O–H groups in total. The third kappa shape index (κ3) is 3.02. The molecular weight excluding hydrogens is 287 g/mol. The maximum Gasteiger partial charge on any atom is 0.251 e. The number of nitrogens with zero attached hydrogens (tertiary/aromatic N) is 1. The first-order valence-electron chi connectivity index (χ1n) is 8.62. The highest BCUT2D eigenvalue weighted by molar-refractivity contribution is 5.34. The predicted octanol–water partition coefficient (Wildman–Crippen LogP) is 5.84. The van der Waals surface area contributed by atoms with Gasteiger partial charge in [0.1, 0.15) is 0 Å². The summed E-state index contributed by atoms with van der Waals surface area (Å²) in [5.41, 5.74) is 0.696. The lowest BCUT2D eigenvalue weighted by Gasteiger charge is -2.31. The smallest absolute Gasteiger partial charge is 0.202 e. The molecule has 0 aliphatic heterocycles. The fraction of sp³-hybridized carbons (Fsp3) is 0.722. The van der Waals surface area contributed by atoms with Crippen LogP contribution in [0.1, 0.15) is 87.7 Å². The van der Waals surface area contributed by atoms with Gasteiger partial charge in [-0.05, 0) is 43.4 Å². The lowest BCUT2D eigenvalue weighted by molar-refractivity contribution is 0.325. The van der Waals surface area contributed by atoms with Gasteiger partial charge < -0.3 is 0 Å². The Morgan fingerprint density at radius 1 is 0.727 bits per heavy atom. The second-order valence-electron chi connectivity index (χ2n) is 7.13. The summed E-state index contributed by atoms with van der Waals surface area (Å²) in [6, 6.07) is 0. The molecule has 2 fully saturated rings. The standard InChI is InChI=1S/C18H24F3N/c1-11-7-9-13(10-8-11)14-15(12-5-3-2-4-6-12)17(20)22-18(21)16(14)19/h11-13H,2-10H2,1H3. The van der Waals surface area contributed by atoms with Gasteiger partial charge in [0, 0.05) is 11.1 Å². The summed E-state index contributed by atoms with van der Waals surface area (Å²) in [4.78, 5) is 3.21. The Balaban J connectivity index is 2.01. The Hall–Kier alpha value is -1.06. The third-order valence-electron chi connectivity index (χ3n) is 5.56. The van der Waals surface area contributed by atoms with Gasteiger partial charge in [-0.25, -0.2) is 4.39 Å². The Kier molecular flexibility index (Phi) is 4.74. The second kappa shape index (κ2) is 6.59. The zero-order chi connectivity index (χ0) is 15.7. The fourth-order valence-corrected chi connectivity index (χ4v) is 4.26. The van der Waals surface area contributed by atoms with Crippen LogP contribution < -0.4 is 0 Å². The molecule has 0 aromatic carbocycles. The Morgan fingerprint density at radius 3 is 1.95 bits per heavy atom. The van der Waals surface area contributed by atoms with Crippen molar-refractivity contribution in [2.24, 2.45) is 5.92 Å². The van der Waals surface area contributed by atoms with Gasteiger partial charge in [-0.15, -0.1) is 0 Å². The van der Waals surface area contributed by atoms with E-state index in [1.807, 2.05) is 0 Å². The highest BCUT2D eigenvalue weighted by Crippen LogP contribution is 2.44. The topological polar surface area (TPSA) is 12.9 Å². The Bertz CT molecular complexity index is 530. The van der Waals surface area contributed by atoms with Crippen LogP contribution in [0.25, 0.3) is 0 Å². The van der Waals surface area contributed by atoms with E-state index in [0.717, 1.165) is 57.8 Å². The molecule has 22 heavy (non-hydrogen) atoms. The van der Waals surface area contributed by atoms with Crippen molar-refractivity contribution in [1.82, 2.24) is 4.98 Å². The lowest BCUT2D eigenvalue weighted by atomic mass is 9.74. The number of hydrogen-bond acceptors (Lipinski definition) is 1. The molecule has 1 aromatic heterocycles. The largest absolute Gasteiger partial charge is 0.251 e. The molecule has 0 radical (unpaired) electrons. The first-order chi connectivity index (χ1) is 10.6. The molecule has 2 aliphatic rings. The van der Waals surface area contributed by atoms with Crippen LogP contribution >= 0.6 is 0 Å². The molecule has 0 amide bonds. The van der Waals surface area contributed by atoms with Gasteiger partial charge in [-0.1, -0.05) is 39.0 Å². The monoisotopic (exact) mass is 311 g/mol. The van der Waals surface area contributed by atoms with Crippen LogP contribution in [-0.2, 0) is 0 Å². The molecule has 1 aromatic rings. The first kappa shape index (κ1) is 15.8. The Labute approximate surface area is 130 Å². The van der Waals surface area contributed by atoms with Crippen molar-refractivity contribution >= 4 is 0 Å². The summed E-state index contributed by atoms with van der Waals surface area (Å²) in [5.74, 6) is -2.38. The summed E-state index contributed by atoms with van der Waals surface area (Å²) in [7, 11) is 0. The molecular formula is C18H24F3N. The fourth-order valence-electron chi connectivity index (χ4n) is 4.26. The molecule has 0 bridgehead atoms. The normalized spacial score (nSPS) is 27.1. The number of aromatic nitrogens is 1. The van der Waals surface area contributed by atoms with E-state index in [9.17, 15) is 13.2 Å². The van der Waals surface area contributed by atoms with Gasteiger partial charge in [-0.3, -0.25) is 0 Å². The third-order valence-corrected chi connectivity index (χ3v) is 5.56. The summed E-state index contributed by atoms with van der Waals surface area (Å²) in [5, 5.41) is 0. The zero-order valence-electron chi connectivity index (χ0n) is 13.2. The average molecular weight is 311 g/mol. The van der Waals surface area contributed by atoms with Crippen molar-refractivity contribution in [3.63, 3.8) is 0 Å². The molecule has 2 saturated carbocycles. The molecule has 1 nitrogen and oxygen atoms in total. The van der Waals surface area contributed by atoms with Gasteiger partial charge in [0.05, 0.1) is 0 Å². The SMILES string of the molecule is CC1CCC(c2c(F)c(F)nc(F)c2C2CCCCC2)CC1. The molecule has 122 valence electrons. The summed E-state index contributed by atoms with van der Waals surface area (Å²) in [6.45, 7) is 2.18. The van der Waals surface area contributed by atoms with E-state index in [1.54, 1.807) is 0 Å². The molecule has 0 saturated heterocycles. The molecule has 0 atom stereocenters. The van der Waals surface area contributed by atoms with Gasteiger partial charge in [0.2, 0.25) is 5.95 Å². The minimum Gasteiger partial charge on any atom is -0.202 e. The van der Waals surface area contributed by atoms with Crippen LogP contribution in [0.2, 0.25) is 0 Å². The van der Waals surface area contributed by atoms with E-state index in [1.165, 1.54) is 0 Å². The van der Waals surface area contributed by atoms with Crippen molar-refractivity contribution in [3.05, 3.63) is 28.8 Å². The summed E-state index contributed by atoms with van der Waals surface area (Å²) >= 11 is 0. The van der Waals surface area contributed by atoms with Gasteiger partial charge in [-0.2, -0.15) is 13.8 Å². The maximum atomic E-state index is 14.5. The van der Waals surface area contributed by atoms with Crippen LogP contribution in [0.5, 0.6) is 0 Å². The van der Waals surface area contributed by atoms with E-state index in [4.69, 9.17) is 0 Å². The molecule has 0 spiro atoms. The zero-order valence-corrected chi connectivity index (χ0v) is 13.2. The Morgan fingerprint density at radius 2 is 1.32 bits per heavy atom. The quantitative estimate of drug-likeness (QED) is 0.625. The van der Waals surface area contributed by atoms with E-state index in [2.05, 4.69) is 11.9 Å². The van der Waals surface area contributed by atoms with Crippen molar-refractivity contribution < 1.29 is 13.2 Å².